The van der Waals surface area contributed by atoms with E-state index >= 15 is 0 Å². The van der Waals surface area contributed by atoms with Crippen molar-refractivity contribution in [2.45, 2.75) is 0 Å². The molecular formula is C11H14N4O2. The maximum atomic E-state index is 11.6. The summed E-state index contributed by atoms with van der Waals surface area (Å²) >= 11 is 0. The van der Waals surface area contributed by atoms with Gasteiger partial charge in [0, 0.05) is 13.1 Å². The molecule has 1 fully saturated rings. The Morgan fingerprint density at radius 2 is 2.06 bits per heavy atom. The molecule has 2 rings (SSSR count). The highest BCUT2D eigenvalue weighted by Crippen LogP contribution is 2.22. The molecule has 0 radical (unpaired) electrons. The van der Waals surface area contributed by atoms with Gasteiger partial charge in [0.05, 0.1) is 12.8 Å². The Morgan fingerprint density at radius 1 is 1.35 bits per heavy atom. The van der Waals surface area contributed by atoms with Gasteiger partial charge in [0.2, 0.25) is 5.96 Å². The van der Waals surface area contributed by atoms with Crippen LogP contribution in [0, 0.1) is 0 Å². The molecule has 6 heteroatoms. The molecule has 0 spiro atoms. The van der Waals surface area contributed by atoms with E-state index in [1.807, 2.05) is 12.1 Å². The number of amides is 2. The summed E-state index contributed by atoms with van der Waals surface area (Å²) in [5.41, 5.74) is 0.599. The smallest absolute Gasteiger partial charge is 0.348 e. The first-order valence-electron chi connectivity index (χ1n) is 5.30. The SMILES string of the molecule is COc1ccccc1NC(=O)N=C1NCCN1. The van der Waals surface area contributed by atoms with Crippen LogP contribution in [0.2, 0.25) is 0 Å². The lowest BCUT2D eigenvalue weighted by atomic mass is 10.3. The van der Waals surface area contributed by atoms with E-state index in [1.54, 1.807) is 19.2 Å². The van der Waals surface area contributed by atoms with Gasteiger partial charge >= 0.3 is 6.03 Å². The first kappa shape index (κ1) is 11.3. The third-order valence-corrected chi connectivity index (χ3v) is 2.27. The number of methoxy groups -OCH3 is 1. The quantitative estimate of drug-likeness (QED) is 0.706. The van der Waals surface area contributed by atoms with Crippen LogP contribution >= 0.6 is 0 Å². The van der Waals surface area contributed by atoms with Crippen LogP contribution in [-0.2, 0) is 0 Å². The molecular weight excluding hydrogens is 220 g/mol. The van der Waals surface area contributed by atoms with Gasteiger partial charge in [-0.15, -0.1) is 0 Å². The second-order valence-electron chi connectivity index (χ2n) is 3.44. The van der Waals surface area contributed by atoms with Gasteiger partial charge in [-0.05, 0) is 12.1 Å². The lowest BCUT2D eigenvalue weighted by Crippen LogP contribution is -2.26. The number of hydrogen-bond donors (Lipinski definition) is 3. The highest BCUT2D eigenvalue weighted by Gasteiger charge is 2.09. The average Bonchev–Trinajstić information content (AvgIpc) is 2.82. The molecule has 2 amide bonds. The van der Waals surface area contributed by atoms with Crippen molar-refractivity contribution < 1.29 is 9.53 Å². The van der Waals surface area contributed by atoms with E-state index in [1.165, 1.54) is 0 Å². The molecule has 1 aromatic rings. The summed E-state index contributed by atoms with van der Waals surface area (Å²) in [7, 11) is 1.55. The molecule has 0 saturated carbocycles. The minimum atomic E-state index is -0.439. The number of carbonyl (C=O) groups excluding carboxylic acids is 1. The Kier molecular flexibility index (Phi) is 3.44. The number of hydrogen-bond acceptors (Lipinski definition) is 2. The Balaban J connectivity index is 2.05. The number of nitrogens with one attached hydrogen (secondary N) is 3. The van der Waals surface area contributed by atoms with E-state index in [4.69, 9.17) is 4.74 Å². The molecule has 0 aliphatic carbocycles. The van der Waals surface area contributed by atoms with Crippen molar-refractivity contribution >= 4 is 17.7 Å². The van der Waals surface area contributed by atoms with Gasteiger partial charge in [0.25, 0.3) is 0 Å². The topological polar surface area (TPSA) is 74.8 Å². The number of para-hydroxylation sites is 2. The second kappa shape index (κ2) is 5.20. The molecule has 1 aliphatic heterocycles. The molecule has 1 aromatic carbocycles. The van der Waals surface area contributed by atoms with Gasteiger partial charge in [-0.1, -0.05) is 12.1 Å². The maximum absolute atomic E-state index is 11.6. The third-order valence-electron chi connectivity index (χ3n) is 2.27. The van der Waals surface area contributed by atoms with Gasteiger partial charge in [-0.2, -0.15) is 4.99 Å². The van der Waals surface area contributed by atoms with Crippen LogP contribution in [0.15, 0.2) is 29.3 Å². The number of carbonyl (C=O) groups is 1. The highest BCUT2D eigenvalue weighted by molar-refractivity contribution is 6.00. The third kappa shape index (κ3) is 2.87. The van der Waals surface area contributed by atoms with Crippen molar-refractivity contribution in [2.24, 2.45) is 4.99 Å². The van der Waals surface area contributed by atoms with Crippen LogP contribution in [0.3, 0.4) is 0 Å². The summed E-state index contributed by atoms with van der Waals surface area (Å²) in [5, 5.41) is 8.55. The maximum Gasteiger partial charge on any atom is 0.348 e. The van der Waals surface area contributed by atoms with Crippen LogP contribution in [0.1, 0.15) is 0 Å². The lowest BCUT2D eigenvalue weighted by Gasteiger charge is -2.07. The van der Waals surface area contributed by atoms with E-state index in [9.17, 15) is 4.79 Å². The summed E-state index contributed by atoms with van der Waals surface area (Å²) < 4.78 is 5.12. The number of benzene rings is 1. The fourth-order valence-electron chi connectivity index (χ4n) is 1.50. The van der Waals surface area contributed by atoms with Crippen LogP contribution in [-0.4, -0.2) is 32.2 Å². The molecule has 0 atom stereocenters. The van der Waals surface area contributed by atoms with E-state index in [2.05, 4.69) is 20.9 Å². The average molecular weight is 234 g/mol. The van der Waals surface area contributed by atoms with Crippen molar-refractivity contribution in [1.82, 2.24) is 10.6 Å². The molecule has 1 heterocycles. The van der Waals surface area contributed by atoms with E-state index in [0.29, 0.717) is 17.4 Å². The molecule has 90 valence electrons. The van der Waals surface area contributed by atoms with Crippen LogP contribution in [0.5, 0.6) is 5.75 Å². The Hall–Kier alpha value is -2.24. The molecule has 3 N–H and O–H groups in total. The number of anilines is 1. The largest absolute Gasteiger partial charge is 0.495 e. The van der Waals surface area contributed by atoms with E-state index in [-0.39, 0.29) is 0 Å². The zero-order valence-electron chi connectivity index (χ0n) is 9.49. The van der Waals surface area contributed by atoms with E-state index in [0.717, 1.165) is 13.1 Å². The number of rotatable bonds is 2. The molecule has 1 aliphatic rings. The van der Waals surface area contributed by atoms with Crippen molar-refractivity contribution in [3.05, 3.63) is 24.3 Å². The molecule has 0 unspecified atom stereocenters. The van der Waals surface area contributed by atoms with Gasteiger partial charge < -0.3 is 20.7 Å². The molecule has 1 saturated heterocycles. The fraction of sp³-hybridized carbons (Fsp3) is 0.273. The first-order valence-corrected chi connectivity index (χ1v) is 5.30. The van der Waals surface area contributed by atoms with Crippen LogP contribution < -0.4 is 20.7 Å². The zero-order chi connectivity index (χ0) is 12.1. The molecule has 17 heavy (non-hydrogen) atoms. The van der Waals surface area contributed by atoms with Gasteiger partial charge in [0.1, 0.15) is 5.75 Å². The number of aliphatic imine (C=N–C) groups is 1. The Morgan fingerprint density at radius 3 is 2.76 bits per heavy atom. The summed E-state index contributed by atoms with van der Waals surface area (Å²) in [6.45, 7) is 1.56. The number of nitrogens with zero attached hydrogens (tertiary/aromatic N) is 1. The number of guanidine groups is 1. The number of ether oxygens (including phenoxy) is 1. The molecule has 0 bridgehead atoms. The fourth-order valence-corrected chi connectivity index (χ4v) is 1.50. The minimum Gasteiger partial charge on any atom is -0.495 e. The van der Waals surface area contributed by atoms with Gasteiger partial charge in [0.15, 0.2) is 0 Å². The van der Waals surface area contributed by atoms with Crippen LogP contribution in [0.25, 0.3) is 0 Å². The molecule has 6 nitrogen and oxygen atoms in total. The van der Waals surface area contributed by atoms with Gasteiger partial charge in [-0.25, -0.2) is 4.79 Å². The lowest BCUT2D eigenvalue weighted by molar-refractivity contribution is 0.259. The van der Waals surface area contributed by atoms with Crippen molar-refractivity contribution in [1.29, 1.82) is 0 Å². The predicted octanol–water partition coefficient (Wildman–Crippen LogP) is 0.776. The number of urea groups is 1. The first-order chi connectivity index (χ1) is 8.29. The van der Waals surface area contributed by atoms with E-state index < -0.39 is 6.03 Å². The van der Waals surface area contributed by atoms with Gasteiger partial charge in [-0.3, -0.25) is 0 Å². The van der Waals surface area contributed by atoms with Crippen molar-refractivity contribution in [3.8, 4) is 5.75 Å². The Labute approximate surface area is 99.1 Å². The second-order valence-corrected chi connectivity index (χ2v) is 3.44. The molecule has 0 aromatic heterocycles. The summed E-state index contributed by atoms with van der Waals surface area (Å²) in [6, 6.07) is 6.74. The normalized spacial score (nSPS) is 13.6. The van der Waals surface area contributed by atoms with Crippen LogP contribution in [0.4, 0.5) is 10.5 Å². The summed E-state index contributed by atoms with van der Waals surface area (Å²) in [5.74, 6) is 1.10. The standard InChI is InChI=1S/C11H14N4O2/c1-17-9-5-3-2-4-8(9)14-11(16)15-10-12-6-7-13-10/h2-5H,6-7H2,1H3,(H3,12,13,14,15,16). The predicted molar refractivity (Wildman–Crippen MR) is 65.5 cm³/mol. The zero-order valence-corrected chi connectivity index (χ0v) is 9.49. The Bertz CT molecular complexity index is 437. The van der Waals surface area contributed by atoms with Crippen molar-refractivity contribution in [3.63, 3.8) is 0 Å². The summed E-state index contributed by atoms with van der Waals surface area (Å²) in [4.78, 5) is 15.4. The monoisotopic (exact) mass is 234 g/mol. The van der Waals surface area contributed by atoms with Crippen molar-refractivity contribution in [2.75, 3.05) is 25.5 Å². The highest BCUT2D eigenvalue weighted by atomic mass is 16.5. The minimum absolute atomic E-state index is 0.439. The summed E-state index contributed by atoms with van der Waals surface area (Å²) in [6.07, 6.45) is 0.